The summed E-state index contributed by atoms with van der Waals surface area (Å²) < 4.78 is 31.5. The van der Waals surface area contributed by atoms with E-state index in [2.05, 4.69) is 32.1 Å². The van der Waals surface area contributed by atoms with Gasteiger partial charge in [0.15, 0.2) is 6.10 Å². The summed E-state index contributed by atoms with van der Waals surface area (Å²) in [5.41, 5.74) is 0.945. The Balaban J connectivity index is 1.29. The fraction of sp³-hybridized carbons (Fsp3) is 0.617. The summed E-state index contributed by atoms with van der Waals surface area (Å²) >= 11 is 0. The summed E-state index contributed by atoms with van der Waals surface area (Å²) in [6.07, 6.45) is 28.3. The number of rotatable bonds is 7. The molecule has 0 radical (unpaired) electrons. The Bertz CT molecular complexity index is 1570. The molecule has 0 aromatic heterocycles. The number of aliphatic hydroxyl groups is 3. The van der Waals surface area contributed by atoms with E-state index in [1.165, 1.54) is 6.08 Å². The monoisotopic (exact) mass is 806 g/mol. The first-order valence-electron chi connectivity index (χ1n) is 21.3. The van der Waals surface area contributed by atoms with Crippen LogP contribution in [0.1, 0.15) is 91.9 Å². The van der Waals surface area contributed by atoms with Crippen molar-refractivity contribution in [3.8, 4) is 0 Å². The Morgan fingerprint density at radius 2 is 1.53 bits per heavy atom. The van der Waals surface area contributed by atoms with Crippen LogP contribution in [0.2, 0.25) is 0 Å². The maximum atomic E-state index is 13.0. The smallest absolute Gasteiger partial charge is 0.331 e. The number of carboxylic acid groups (broad SMARTS) is 1. The molecule has 7 bridgehead atoms. The topological polar surface area (TPSA) is 161 Å². The van der Waals surface area contributed by atoms with E-state index >= 15 is 0 Å². The Labute approximate surface area is 344 Å². The second kappa shape index (κ2) is 22.8. The number of fused-ring (bicyclic) bond motifs is 13. The molecular weight excluding hydrogens is 741 g/mol. The van der Waals surface area contributed by atoms with Crippen molar-refractivity contribution in [1.82, 2.24) is 0 Å². The number of aliphatic carboxylic acids is 1. The molecule has 3 saturated heterocycles. The highest BCUT2D eigenvalue weighted by Gasteiger charge is 2.45. The molecule has 0 aromatic rings. The molecule has 6 heterocycles. The molecule has 0 aliphatic carbocycles. The predicted octanol–water partition coefficient (Wildman–Crippen LogP) is 6.80. The molecule has 3 fully saturated rings. The first-order valence-corrected chi connectivity index (χ1v) is 21.3. The molecule has 8 unspecified atom stereocenters. The third-order valence-electron chi connectivity index (χ3n) is 12.0. The van der Waals surface area contributed by atoms with E-state index in [-0.39, 0.29) is 67.2 Å². The van der Waals surface area contributed by atoms with Crippen LogP contribution in [0.15, 0.2) is 96.7 Å². The van der Waals surface area contributed by atoms with Crippen LogP contribution >= 0.6 is 0 Å². The Morgan fingerprint density at radius 1 is 0.759 bits per heavy atom. The number of allylic oxidation sites excluding steroid dienone is 7. The molecule has 6 rings (SSSR count). The van der Waals surface area contributed by atoms with Gasteiger partial charge in [0.1, 0.15) is 24.4 Å². The number of ether oxygens (including phenoxy) is 5. The average molecular weight is 807 g/mol. The molecule has 4 N–H and O–H groups in total. The Morgan fingerprint density at radius 3 is 2.34 bits per heavy atom. The van der Waals surface area contributed by atoms with Crippen LogP contribution in [-0.4, -0.2) is 106 Å². The van der Waals surface area contributed by atoms with E-state index in [1.54, 1.807) is 18.2 Å². The van der Waals surface area contributed by atoms with E-state index in [9.17, 15) is 24.9 Å². The van der Waals surface area contributed by atoms with E-state index in [0.29, 0.717) is 25.7 Å². The van der Waals surface area contributed by atoms with Crippen LogP contribution in [0, 0.1) is 17.8 Å². The lowest BCUT2D eigenvalue weighted by Gasteiger charge is -2.40. The van der Waals surface area contributed by atoms with Crippen LogP contribution in [0.4, 0.5) is 0 Å². The number of aliphatic hydroxyl groups excluding tert-OH is 3. The zero-order chi connectivity index (χ0) is 41.6. The molecule has 0 saturated carbocycles. The minimum atomic E-state index is -1.18. The number of unbranched alkanes of at least 4 members (excludes halogenated alkanes) is 1. The fourth-order valence-electron chi connectivity index (χ4n) is 8.38. The van der Waals surface area contributed by atoms with Gasteiger partial charge in [0, 0.05) is 37.2 Å². The average Bonchev–Trinajstić information content (AvgIpc) is 3.54. The van der Waals surface area contributed by atoms with Crippen LogP contribution in [0.5, 0.6) is 0 Å². The lowest BCUT2D eigenvalue weighted by atomic mass is 9.85. The molecule has 11 heteroatoms. The molecule has 0 amide bonds. The highest BCUT2D eigenvalue weighted by Crippen LogP contribution is 2.38. The standard InChI is InChI=1S/C47H66O11/c1-30(17-14-15-23-44(50)51)27-31(2)47-40-26-25-34(54-47)18-10-6-5-7-11-19-35(48)46(53)43-28-36(49)32(3)37(56-43)21-16-22-38-33(4)41-29-42(55-38)39(57-41)20-12-8-9-13-24-45(52)58-40/h6,8-13,16,19-20,22,24-27,30,32-43,46-49,53H,5,7,14-15,17-18,21,23,28-29H2,1-4H3,(H,50,51)/b9-8-,10-6+,19-11+,20-12+,22-16+,24-13-,31-27+/t30?,32?,33-,34?,35?,36-,37?,38-,39+,40?,41+,42+,43+,46?,47?/m0/s1. The Hall–Kier alpha value is -3.42. The molecule has 6 aliphatic heterocycles. The number of hydrogen-bond acceptors (Lipinski definition) is 10. The van der Waals surface area contributed by atoms with E-state index in [1.807, 2.05) is 62.5 Å². The minimum absolute atomic E-state index is 0.0508. The van der Waals surface area contributed by atoms with E-state index < -0.39 is 48.6 Å². The summed E-state index contributed by atoms with van der Waals surface area (Å²) in [7, 11) is 0. The van der Waals surface area contributed by atoms with Gasteiger partial charge in [0.25, 0.3) is 0 Å². The van der Waals surface area contributed by atoms with Crippen molar-refractivity contribution in [1.29, 1.82) is 0 Å². The summed E-state index contributed by atoms with van der Waals surface area (Å²) in [6, 6.07) is 0. The molecule has 0 spiro atoms. The third-order valence-corrected chi connectivity index (χ3v) is 12.0. The number of carbonyl (C=O) groups is 2. The van der Waals surface area contributed by atoms with Crippen molar-refractivity contribution in [2.45, 2.75) is 165 Å². The van der Waals surface area contributed by atoms with Gasteiger partial charge in [-0.15, -0.1) is 0 Å². The number of carboxylic acids is 1. The van der Waals surface area contributed by atoms with Gasteiger partial charge in [-0.3, -0.25) is 4.79 Å². The highest BCUT2D eigenvalue weighted by molar-refractivity contribution is 5.82. The first kappa shape index (κ1) is 45.7. The summed E-state index contributed by atoms with van der Waals surface area (Å²) in [6.45, 7) is 8.15. The van der Waals surface area contributed by atoms with Gasteiger partial charge in [0.2, 0.25) is 0 Å². The predicted molar refractivity (Wildman–Crippen MR) is 222 cm³/mol. The van der Waals surface area contributed by atoms with Crippen molar-refractivity contribution in [2.75, 3.05) is 0 Å². The molecule has 58 heavy (non-hydrogen) atoms. The van der Waals surface area contributed by atoms with Gasteiger partial charge in [-0.05, 0) is 63.0 Å². The van der Waals surface area contributed by atoms with Crippen LogP contribution < -0.4 is 0 Å². The number of hydrogen-bond donors (Lipinski definition) is 4. The fourth-order valence-corrected chi connectivity index (χ4v) is 8.38. The van der Waals surface area contributed by atoms with Crippen LogP contribution in [0.3, 0.4) is 0 Å². The molecule has 6 aliphatic rings. The number of carbonyl (C=O) groups excluding carboxylic acids is 1. The highest BCUT2D eigenvalue weighted by atomic mass is 16.6. The van der Waals surface area contributed by atoms with Crippen molar-refractivity contribution in [2.24, 2.45) is 17.8 Å². The summed E-state index contributed by atoms with van der Waals surface area (Å²) in [4.78, 5) is 23.9. The van der Waals surface area contributed by atoms with Crippen LogP contribution in [0.25, 0.3) is 0 Å². The van der Waals surface area contributed by atoms with Gasteiger partial charge in [-0.25, -0.2) is 4.79 Å². The van der Waals surface area contributed by atoms with Crippen molar-refractivity contribution < 1.29 is 53.7 Å². The molecule has 11 nitrogen and oxygen atoms in total. The zero-order valence-corrected chi connectivity index (χ0v) is 34.5. The Kier molecular flexibility index (Phi) is 18.0. The van der Waals surface area contributed by atoms with Gasteiger partial charge in [-0.2, -0.15) is 0 Å². The zero-order valence-electron chi connectivity index (χ0n) is 34.5. The largest absolute Gasteiger partial charge is 0.481 e. The molecule has 320 valence electrons. The lowest BCUT2D eigenvalue weighted by Crippen LogP contribution is -2.50. The van der Waals surface area contributed by atoms with Gasteiger partial charge in [0.05, 0.1) is 42.7 Å². The van der Waals surface area contributed by atoms with E-state index in [0.717, 1.165) is 31.3 Å². The maximum absolute atomic E-state index is 13.0. The quantitative estimate of drug-likeness (QED) is 0.122. The van der Waals surface area contributed by atoms with Crippen molar-refractivity contribution in [3.63, 3.8) is 0 Å². The van der Waals surface area contributed by atoms with Gasteiger partial charge < -0.3 is 44.1 Å². The van der Waals surface area contributed by atoms with E-state index in [4.69, 9.17) is 28.8 Å². The minimum Gasteiger partial charge on any atom is -0.481 e. The van der Waals surface area contributed by atoms with Crippen LogP contribution in [-0.2, 0) is 33.3 Å². The molecular formula is C47H66O11. The normalized spacial score (nSPS) is 41.7. The first-order chi connectivity index (χ1) is 27.9. The maximum Gasteiger partial charge on any atom is 0.331 e. The summed E-state index contributed by atoms with van der Waals surface area (Å²) in [5.74, 6) is -1.09. The van der Waals surface area contributed by atoms with Gasteiger partial charge in [-0.1, -0.05) is 106 Å². The number of esters is 1. The second-order valence-corrected chi connectivity index (χ2v) is 16.6. The lowest BCUT2D eigenvalue weighted by molar-refractivity contribution is -0.175. The van der Waals surface area contributed by atoms with Crippen molar-refractivity contribution in [3.05, 3.63) is 96.7 Å². The molecule has 0 aromatic carbocycles. The van der Waals surface area contributed by atoms with Gasteiger partial charge >= 0.3 is 11.9 Å². The summed E-state index contributed by atoms with van der Waals surface area (Å²) in [5, 5.41) is 41.7. The third kappa shape index (κ3) is 13.6. The molecule has 15 atom stereocenters. The SMILES string of the molecule is C/C(=C\C(C)CCCCC(=O)O)C1OC2C=CC1OC(=O)\C=C/C=C\C=C\[C@H]1O[C@@H]3C[C@H]1O[C@@H](/C=C/CC1O[C@H](C[C@H](O)C1C)C(O)C(O)/C=C/CC/C=C/C2)[C@@H]3C. The second-order valence-electron chi connectivity index (χ2n) is 16.6. The van der Waals surface area contributed by atoms with Crippen molar-refractivity contribution >= 4 is 11.9 Å².